The smallest absolute Gasteiger partial charge is 0.0596 e. The Labute approximate surface area is 179 Å². The van der Waals surface area contributed by atoms with E-state index in [0.717, 1.165) is 35.7 Å². The minimum atomic E-state index is -0.127. The number of halogens is 2. The van der Waals surface area contributed by atoms with E-state index in [1.165, 1.54) is 36.8 Å². The third kappa shape index (κ3) is 4.75. The average Bonchev–Trinajstić information content (AvgIpc) is 2.75. The summed E-state index contributed by atoms with van der Waals surface area (Å²) in [5.41, 5.74) is 2.81. The highest BCUT2D eigenvalue weighted by Crippen LogP contribution is 2.43. The largest absolute Gasteiger partial charge is 0.393 e. The summed E-state index contributed by atoms with van der Waals surface area (Å²) < 4.78 is 0. The van der Waals surface area contributed by atoms with Crippen LogP contribution < -0.4 is 0 Å². The van der Waals surface area contributed by atoms with E-state index in [-0.39, 0.29) is 6.10 Å². The molecular weight excluding hydrogens is 387 g/mol. The van der Waals surface area contributed by atoms with Crippen LogP contribution in [-0.4, -0.2) is 11.2 Å². The van der Waals surface area contributed by atoms with Crippen LogP contribution >= 0.6 is 23.2 Å². The number of rotatable bonds is 4. The minimum absolute atomic E-state index is 0.127. The van der Waals surface area contributed by atoms with Gasteiger partial charge in [-0.05, 0) is 110 Å². The Kier molecular flexibility index (Phi) is 6.66. The number of hydrogen-bond donors (Lipinski definition) is 1. The molecule has 0 amide bonds. The predicted octanol–water partition coefficient (Wildman–Crippen LogP) is 7.60. The lowest BCUT2D eigenvalue weighted by Crippen LogP contribution is -2.34. The maximum Gasteiger partial charge on any atom is 0.0596 e. The molecule has 4 rings (SSSR count). The fourth-order valence-electron chi connectivity index (χ4n) is 5.44. The minimum Gasteiger partial charge on any atom is -0.393 e. The first-order chi connectivity index (χ1) is 13.6. The maximum absolute atomic E-state index is 11.1. The summed E-state index contributed by atoms with van der Waals surface area (Å²) in [7, 11) is 0. The van der Waals surface area contributed by atoms with Crippen LogP contribution in [0.2, 0.25) is 10.0 Å². The van der Waals surface area contributed by atoms with Crippen molar-refractivity contribution in [3.63, 3.8) is 0 Å². The lowest BCUT2D eigenvalue weighted by atomic mass is 9.70. The maximum atomic E-state index is 11.1. The second-order valence-electron chi connectivity index (χ2n) is 8.82. The highest BCUT2D eigenvalue weighted by atomic mass is 35.5. The van der Waals surface area contributed by atoms with Gasteiger partial charge in [-0.15, -0.1) is 0 Å². The molecule has 150 valence electrons. The van der Waals surface area contributed by atoms with Crippen molar-refractivity contribution in [3.8, 4) is 0 Å². The molecule has 3 heteroatoms. The number of hydrogen-bond acceptors (Lipinski definition) is 1. The van der Waals surface area contributed by atoms with Crippen LogP contribution in [0.15, 0.2) is 48.5 Å². The van der Waals surface area contributed by atoms with Crippen LogP contribution in [0, 0.1) is 11.8 Å². The van der Waals surface area contributed by atoms with Crippen molar-refractivity contribution < 1.29 is 5.11 Å². The first-order valence-electron chi connectivity index (χ1n) is 10.8. The summed E-state index contributed by atoms with van der Waals surface area (Å²) in [6, 6.07) is 16.7. The molecular formula is C25H30Cl2O. The van der Waals surface area contributed by atoms with Crippen LogP contribution in [0.3, 0.4) is 0 Å². The second kappa shape index (κ2) is 9.20. The van der Waals surface area contributed by atoms with E-state index < -0.39 is 0 Å². The van der Waals surface area contributed by atoms with Crippen molar-refractivity contribution in [1.82, 2.24) is 0 Å². The van der Waals surface area contributed by atoms with E-state index >= 15 is 0 Å². The zero-order chi connectivity index (χ0) is 19.5. The van der Waals surface area contributed by atoms with Gasteiger partial charge in [0.05, 0.1) is 6.10 Å². The Hall–Kier alpha value is -1.02. The van der Waals surface area contributed by atoms with Gasteiger partial charge in [-0.1, -0.05) is 47.5 Å². The summed E-state index contributed by atoms with van der Waals surface area (Å²) in [5.74, 6) is 2.20. The van der Waals surface area contributed by atoms with Gasteiger partial charge in [0.25, 0.3) is 0 Å². The number of aliphatic hydroxyl groups is 1. The molecule has 0 saturated heterocycles. The van der Waals surface area contributed by atoms with Crippen LogP contribution in [0.25, 0.3) is 0 Å². The molecule has 0 aliphatic heterocycles. The lowest BCUT2D eigenvalue weighted by Gasteiger charge is -2.38. The fourth-order valence-corrected chi connectivity index (χ4v) is 5.69. The molecule has 2 aromatic rings. The molecule has 0 bridgehead atoms. The van der Waals surface area contributed by atoms with E-state index in [1.54, 1.807) is 0 Å². The summed E-state index contributed by atoms with van der Waals surface area (Å²) in [5, 5.41) is 12.7. The highest BCUT2D eigenvalue weighted by molar-refractivity contribution is 6.30. The molecule has 0 spiro atoms. The van der Waals surface area contributed by atoms with E-state index in [2.05, 4.69) is 24.3 Å². The van der Waals surface area contributed by atoms with Crippen molar-refractivity contribution in [2.24, 2.45) is 11.8 Å². The van der Waals surface area contributed by atoms with Gasteiger partial charge in [0, 0.05) is 10.0 Å². The highest BCUT2D eigenvalue weighted by Gasteiger charge is 2.34. The number of aliphatic hydroxyl groups excluding tert-OH is 1. The average molecular weight is 417 g/mol. The Balaban J connectivity index is 1.27. The Bertz CT molecular complexity index is 674. The van der Waals surface area contributed by atoms with Gasteiger partial charge in [0.2, 0.25) is 0 Å². The molecule has 2 aliphatic rings. The summed E-state index contributed by atoms with van der Waals surface area (Å²) in [4.78, 5) is 0. The van der Waals surface area contributed by atoms with Gasteiger partial charge in [-0.2, -0.15) is 0 Å². The molecule has 0 radical (unpaired) electrons. The van der Waals surface area contributed by atoms with Crippen molar-refractivity contribution in [1.29, 1.82) is 0 Å². The molecule has 1 nitrogen and oxygen atoms in total. The van der Waals surface area contributed by atoms with Gasteiger partial charge in [0.15, 0.2) is 0 Å². The van der Waals surface area contributed by atoms with Crippen LogP contribution in [0.1, 0.15) is 74.3 Å². The summed E-state index contributed by atoms with van der Waals surface area (Å²) in [6.45, 7) is 0. The number of benzene rings is 2. The zero-order valence-electron chi connectivity index (χ0n) is 16.4. The normalized spacial score (nSPS) is 29.4. The molecule has 0 aromatic heterocycles. The molecule has 0 atom stereocenters. The van der Waals surface area contributed by atoms with Crippen molar-refractivity contribution in [2.45, 2.75) is 69.3 Å². The molecule has 0 heterocycles. The summed E-state index contributed by atoms with van der Waals surface area (Å²) in [6.07, 6.45) is 9.19. The third-order valence-corrected chi connectivity index (χ3v) is 7.70. The lowest BCUT2D eigenvalue weighted by molar-refractivity contribution is 0.0141. The predicted molar refractivity (Wildman–Crippen MR) is 118 cm³/mol. The standard InChI is InChI=1S/C25H30Cl2O/c26-23-13-9-19(10-14-23)17-1-5-21(6-2-17)25(28)22-7-3-18(4-8-22)20-11-15-24(27)16-12-20/h9-18,21-22,25,28H,1-8H2. The first-order valence-corrected chi connectivity index (χ1v) is 11.5. The molecule has 28 heavy (non-hydrogen) atoms. The summed E-state index contributed by atoms with van der Waals surface area (Å²) >= 11 is 12.0. The molecule has 2 aromatic carbocycles. The van der Waals surface area contributed by atoms with E-state index in [4.69, 9.17) is 23.2 Å². The topological polar surface area (TPSA) is 20.2 Å². The van der Waals surface area contributed by atoms with Crippen LogP contribution in [0.4, 0.5) is 0 Å². The Morgan fingerprint density at radius 3 is 1.21 bits per heavy atom. The van der Waals surface area contributed by atoms with Gasteiger partial charge < -0.3 is 5.11 Å². The molecule has 2 fully saturated rings. The van der Waals surface area contributed by atoms with Crippen LogP contribution in [0.5, 0.6) is 0 Å². The van der Waals surface area contributed by atoms with Crippen molar-refractivity contribution in [2.75, 3.05) is 0 Å². The quantitative estimate of drug-likeness (QED) is 0.543. The third-order valence-electron chi connectivity index (χ3n) is 7.19. The van der Waals surface area contributed by atoms with Gasteiger partial charge in [-0.25, -0.2) is 0 Å². The van der Waals surface area contributed by atoms with Crippen molar-refractivity contribution >= 4 is 23.2 Å². The Morgan fingerprint density at radius 2 is 0.893 bits per heavy atom. The van der Waals surface area contributed by atoms with Gasteiger partial charge >= 0.3 is 0 Å². The SMILES string of the molecule is OC(C1CCC(c2ccc(Cl)cc2)CC1)C1CCC(c2ccc(Cl)cc2)CC1. The van der Waals surface area contributed by atoms with Crippen molar-refractivity contribution in [3.05, 3.63) is 69.7 Å². The van der Waals surface area contributed by atoms with E-state index in [0.29, 0.717) is 23.7 Å². The zero-order valence-corrected chi connectivity index (χ0v) is 17.9. The molecule has 2 saturated carbocycles. The van der Waals surface area contributed by atoms with E-state index in [9.17, 15) is 5.11 Å². The first kappa shape index (κ1) is 20.3. The second-order valence-corrected chi connectivity index (χ2v) is 9.69. The van der Waals surface area contributed by atoms with Gasteiger partial charge in [0.1, 0.15) is 0 Å². The Morgan fingerprint density at radius 1 is 0.571 bits per heavy atom. The molecule has 2 aliphatic carbocycles. The molecule has 0 unspecified atom stereocenters. The van der Waals surface area contributed by atoms with Gasteiger partial charge in [-0.3, -0.25) is 0 Å². The van der Waals surface area contributed by atoms with E-state index in [1.807, 2.05) is 24.3 Å². The van der Waals surface area contributed by atoms with Crippen LogP contribution in [-0.2, 0) is 0 Å². The molecule has 1 N–H and O–H groups in total. The fraction of sp³-hybridized carbons (Fsp3) is 0.520. The monoisotopic (exact) mass is 416 g/mol.